The van der Waals surface area contributed by atoms with Gasteiger partial charge in [0.15, 0.2) is 0 Å². The Morgan fingerprint density at radius 2 is 2.22 bits per heavy atom. The average molecular weight is 126 g/mol. The monoisotopic (exact) mass is 126 g/mol. The van der Waals surface area contributed by atoms with E-state index in [0.717, 1.165) is 12.3 Å². The van der Waals surface area contributed by atoms with Gasteiger partial charge < -0.3 is 5.73 Å². The van der Waals surface area contributed by atoms with Gasteiger partial charge in [0, 0.05) is 23.7 Å². The van der Waals surface area contributed by atoms with Crippen LogP contribution < -0.4 is 5.73 Å². The molecule has 1 heterocycles. The molecule has 1 unspecified atom stereocenters. The second-order valence-corrected chi connectivity index (χ2v) is 3.42. The lowest BCUT2D eigenvalue weighted by Gasteiger charge is -2.22. The quantitative estimate of drug-likeness (QED) is 0.512. The summed E-state index contributed by atoms with van der Waals surface area (Å²) in [6.45, 7) is 7.19. The van der Waals surface area contributed by atoms with Crippen LogP contribution in [0.5, 0.6) is 0 Å². The van der Waals surface area contributed by atoms with Crippen molar-refractivity contribution < 1.29 is 0 Å². The molecule has 1 atom stereocenters. The van der Waals surface area contributed by atoms with Gasteiger partial charge in [0.25, 0.3) is 0 Å². The predicted molar refractivity (Wildman–Crippen MR) is 39.7 cm³/mol. The molecule has 0 saturated carbocycles. The van der Waals surface area contributed by atoms with E-state index in [1.165, 1.54) is 0 Å². The van der Waals surface area contributed by atoms with Crippen molar-refractivity contribution in [3.63, 3.8) is 0 Å². The topological polar surface area (TPSA) is 38.4 Å². The van der Waals surface area contributed by atoms with Crippen LogP contribution in [-0.4, -0.2) is 18.3 Å². The minimum Gasteiger partial charge on any atom is -0.322 e. The van der Waals surface area contributed by atoms with Crippen LogP contribution in [0.25, 0.3) is 0 Å². The van der Waals surface area contributed by atoms with E-state index in [1.807, 2.05) is 6.92 Å². The summed E-state index contributed by atoms with van der Waals surface area (Å²) < 4.78 is 0. The van der Waals surface area contributed by atoms with Crippen molar-refractivity contribution in [2.75, 3.05) is 6.54 Å². The molecule has 1 rings (SSSR count). The van der Waals surface area contributed by atoms with Gasteiger partial charge in [0.1, 0.15) is 0 Å². The molecule has 0 saturated heterocycles. The lowest BCUT2D eigenvalue weighted by molar-refractivity contribution is 0.377. The van der Waals surface area contributed by atoms with Gasteiger partial charge in [-0.25, -0.2) is 0 Å². The van der Waals surface area contributed by atoms with Gasteiger partial charge in [0.2, 0.25) is 0 Å². The first-order valence-corrected chi connectivity index (χ1v) is 3.30. The minimum atomic E-state index is 0.178. The second-order valence-electron chi connectivity index (χ2n) is 3.42. The first-order chi connectivity index (χ1) is 4.04. The van der Waals surface area contributed by atoms with Crippen LogP contribution in [0.3, 0.4) is 0 Å². The predicted octanol–water partition coefficient (Wildman–Crippen LogP) is 0.814. The van der Waals surface area contributed by atoms with E-state index in [0.29, 0.717) is 0 Å². The van der Waals surface area contributed by atoms with E-state index in [-0.39, 0.29) is 11.5 Å². The second kappa shape index (κ2) is 1.81. The summed E-state index contributed by atoms with van der Waals surface area (Å²) in [7, 11) is 0. The number of hydrogen-bond acceptors (Lipinski definition) is 2. The van der Waals surface area contributed by atoms with E-state index in [2.05, 4.69) is 18.8 Å². The van der Waals surface area contributed by atoms with Crippen LogP contribution in [0, 0.1) is 5.41 Å². The molecule has 0 aromatic rings. The zero-order valence-electron chi connectivity index (χ0n) is 6.31. The SMILES string of the molecule is CC1=NCC(C)(C)C1N. The van der Waals surface area contributed by atoms with E-state index < -0.39 is 0 Å². The van der Waals surface area contributed by atoms with Crippen molar-refractivity contribution >= 4 is 5.71 Å². The van der Waals surface area contributed by atoms with E-state index >= 15 is 0 Å². The van der Waals surface area contributed by atoms with Crippen LogP contribution in [0.15, 0.2) is 4.99 Å². The normalized spacial score (nSPS) is 32.4. The summed E-state index contributed by atoms with van der Waals surface area (Å²) >= 11 is 0. The molecule has 1 aliphatic rings. The number of hydrogen-bond donors (Lipinski definition) is 1. The number of nitrogens with two attached hydrogens (primary N) is 1. The molecule has 52 valence electrons. The summed E-state index contributed by atoms with van der Waals surface area (Å²) in [5, 5.41) is 0. The van der Waals surface area contributed by atoms with Gasteiger partial charge >= 0.3 is 0 Å². The summed E-state index contributed by atoms with van der Waals surface area (Å²) in [6, 6.07) is 0.178. The highest BCUT2D eigenvalue weighted by Crippen LogP contribution is 2.25. The fraction of sp³-hybridized carbons (Fsp3) is 0.857. The molecule has 0 spiro atoms. The van der Waals surface area contributed by atoms with E-state index in [4.69, 9.17) is 5.73 Å². The molecule has 0 bridgehead atoms. The Morgan fingerprint density at radius 3 is 2.33 bits per heavy atom. The summed E-state index contributed by atoms with van der Waals surface area (Å²) in [5.41, 5.74) is 7.12. The third-order valence-corrected chi connectivity index (χ3v) is 2.03. The lowest BCUT2D eigenvalue weighted by atomic mass is 9.86. The number of nitrogens with zero attached hydrogens (tertiary/aromatic N) is 1. The number of aliphatic imine (C=N–C) groups is 1. The number of rotatable bonds is 0. The molecule has 2 nitrogen and oxygen atoms in total. The van der Waals surface area contributed by atoms with Crippen molar-refractivity contribution in [2.45, 2.75) is 26.8 Å². The zero-order valence-corrected chi connectivity index (χ0v) is 6.31. The summed E-state index contributed by atoms with van der Waals surface area (Å²) in [4.78, 5) is 4.26. The Morgan fingerprint density at radius 1 is 1.67 bits per heavy atom. The lowest BCUT2D eigenvalue weighted by Crippen LogP contribution is -2.39. The molecule has 9 heavy (non-hydrogen) atoms. The van der Waals surface area contributed by atoms with Crippen molar-refractivity contribution in [2.24, 2.45) is 16.1 Å². The van der Waals surface area contributed by atoms with Crippen LogP contribution in [0.2, 0.25) is 0 Å². The van der Waals surface area contributed by atoms with Gasteiger partial charge in [-0.3, -0.25) is 4.99 Å². The van der Waals surface area contributed by atoms with Gasteiger partial charge in [-0.1, -0.05) is 13.8 Å². The Balaban J connectivity index is 2.73. The fourth-order valence-electron chi connectivity index (χ4n) is 1.09. The summed E-state index contributed by atoms with van der Waals surface area (Å²) in [6.07, 6.45) is 0. The molecule has 1 aliphatic heterocycles. The highest BCUT2D eigenvalue weighted by atomic mass is 14.9. The van der Waals surface area contributed by atoms with Crippen LogP contribution in [0.1, 0.15) is 20.8 Å². The molecule has 0 amide bonds. The first kappa shape index (κ1) is 6.75. The molecular formula is C7H14N2. The van der Waals surface area contributed by atoms with Gasteiger partial charge in [-0.15, -0.1) is 0 Å². The van der Waals surface area contributed by atoms with Gasteiger partial charge in [-0.05, 0) is 6.92 Å². The first-order valence-electron chi connectivity index (χ1n) is 3.30. The maximum Gasteiger partial charge on any atom is 0.0492 e. The van der Waals surface area contributed by atoms with E-state index in [1.54, 1.807) is 0 Å². The standard InChI is InChI=1S/C7H14N2/c1-5-6(8)7(2,3)4-9-5/h6H,4,8H2,1-3H3. The highest BCUT2D eigenvalue weighted by molar-refractivity contribution is 5.89. The third kappa shape index (κ3) is 0.990. The Kier molecular flexibility index (Phi) is 1.35. The van der Waals surface area contributed by atoms with Crippen molar-refractivity contribution in [1.82, 2.24) is 0 Å². The minimum absolute atomic E-state index is 0.178. The largest absolute Gasteiger partial charge is 0.322 e. The molecule has 0 fully saturated rings. The van der Waals surface area contributed by atoms with E-state index in [9.17, 15) is 0 Å². The molecule has 0 aromatic carbocycles. The van der Waals surface area contributed by atoms with Gasteiger partial charge in [0.05, 0.1) is 0 Å². The fourth-order valence-corrected chi connectivity index (χ4v) is 1.09. The maximum absolute atomic E-state index is 5.83. The Bertz CT molecular complexity index is 147. The molecule has 2 heteroatoms. The van der Waals surface area contributed by atoms with Crippen molar-refractivity contribution in [3.8, 4) is 0 Å². The third-order valence-electron chi connectivity index (χ3n) is 2.03. The van der Waals surface area contributed by atoms with Crippen LogP contribution >= 0.6 is 0 Å². The summed E-state index contributed by atoms with van der Waals surface area (Å²) in [5.74, 6) is 0. The zero-order chi connectivity index (χ0) is 7.07. The highest BCUT2D eigenvalue weighted by Gasteiger charge is 2.32. The van der Waals surface area contributed by atoms with Crippen LogP contribution in [-0.2, 0) is 0 Å². The molecule has 0 radical (unpaired) electrons. The molecule has 0 aromatic heterocycles. The smallest absolute Gasteiger partial charge is 0.0492 e. The molecule has 2 N–H and O–H groups in total. The Hall–Kier alpha value is -0.370. The molecule has 0 aliphatic carbocycles. The van der Waals surface area contributed by atoms with Crippen LogP contribution in [0.4, 0.5) is 0 Å². The maximum atomic E-state index is 5.83. The Labute approximate surface area is 56.2 Å². The van der Waals surface area contributed by atoms with Crippen molar-refractivity contribution in [1.29, 1.82) is 0 Å². The van der Waals surface area contributed by atoms with Gasteiger partial charge in [-0.2, -0.15) is 0 Å². The average Bonchev–Trinajstić information content (AvgIpc) is 1.97. The van der Waals surface area contributed by atoms with Crippen molar-refractivity contribution in [3.05, 3.63) is 0 Å². The molecular weight excluding hydrogens is 112 g/mol.